The molecule has 0 aromatic rings. The third kappa shape index (κ3) is 6.16. The van der Waals surface area contributed by atoms with Gasteiger partial charge in [0.05, 0.1) is 3.72 Å². The number of hydrazone groups is 1. The Bertz CT molecular complexity index is 69.3. The minimum Gasteiger partial charge on any atom is -0.375 e. The van der Waals surface area contributed by atoms with Crippen LogP contribution in [0.25, 0.3) is 0 Å². The molecule has 2 N–H and O–H groups in total. The van der Waals surface area contributed by atoms with Crippen molar-refractivity contribution in [3.8, 4) is 0 Å². The van der Waals surface area contributed by atoms with Gasteiger partial charge in [0.2, 0.25) is 0 Å². The molecular weight excluding hydrogens is 207 g/mol. The molecule has 0 heterocycles. The molecular formula is C3H7IN2O. The van der Waals surface area contributed by atoms with Gasteiger partial charge < -0.3 is 5.11 Å². The standard InChI is InChI=1S/C3H7IN2O/c1-3(4)6-5-2-7/h5,7H,2H2,1H3/b6-3+. The summed E-state index contributed by atoms with van der Waals surface area (Å²) >= 11 is 2.04. The van der Waals surface area contributed by atoms with Gasteiger partial charge in [0.25, 0.3) is 0 Å². The van der Waals surface area contributed by atoms with Crippen LogP contribution >= 0.6 is 22.6 Å². The molecule has 0 amide bonds. The quantitative estimate of drug-likeness (QED) is 0.300. The highest BCUT2D eigenvalue weighted by Crippen LogP contribution is 1.83. The molecule has 0 saturated carbocycles. The van der Waals surface area contributed by atoms with Crippen LogP contribution in [-0.4, -0.2) is 15.6 Å². The summed E-state index contributed by atoms with van der Waals surface area (Å²) in [5, 5.41) is 11.7. The number of hydrogen-bond donors (Lipinski definition) is 2. The van der Waals surface area contributed by atoms with Crippen molar-refractivity contribution < 1.29 is 5.11 Å². The van der Waals surface area contributed by atoms with Crippen LogP contribution in [0.2, 0.25) is 0 Å². The van der Waals surface area contributed by atoms with Gasteiger partial charge in [0.15, 0.2) is 0 Å². The Hall–Kier alpha value is 0.160. The molecule has 0 aliphatic rings. The zero-order valence-electron chi connectivity index (χ0n) is 3.98. The van der Waals surface area contributed by atoms with E-state index < -0.39 is 0 Å². The highest BCUT2D eigenvalue weighted by atomic mass is 127. The van der Waals surface area contributed by atoms with E-state index in [4.69, 9.17) is 5.11 Å². The van der Waals surface area contributed by atoms with Gasteiger partial charge in [-0.15, -0.1) is 0 Å². The van der Waals surface area contributed by atoms with Crippen molar-refractivity contribution >= 4 is 26.3 Å². The Morgan fingerprint density at radius 1 is 2.00 bits per heavy atom. The summed E-state index contributed by atoms with van der Waals surface area (Å²) in [7, 11) is 0. The molecule has 0 saturated heterocycles. The number of rotatable bonds is 2. The van der Waals surface area contributed by atoms with E-state index in [9.17, 15) is 0 Å². The van der Waals surface area contributed by atoms with Crippen molar-refractivity contribution in [2.45, 2.75) is 6.92 Å². The molecule has 0 radical (unpaired) electrons. The van der Waals surface area contributed by atoms with E-state index in [2.05, 4.69) is 10.5 Å². The average Bonchev–Trinajstić information content (AvgIpc) is 1.61. The lowest BCUT2D eigenvalue weighted by Crippen LogP contribution is -2.06. The normalized spacial score (nSPS) is 11.6. The van der Waals surface area contributed by atoms with E-state index in [-0.39, 0.29) is 6.73 Å². The van der Waals surface area contributed by atoms with Gasteiger partial charge in [0.1, 0.15) is 6.73 Å². The maximum atomic E-state index is 8.09. The predicted octanol–water partition coefficient (Wildman–Crippen LogP) is 0.294. The second-order valence-electron chi connectivity index (χ2n) is 0.925. The molecule has 0 aliphatic carbocycles. The molecule has 0 fully saturated rings. The van der Waals surface area contributed by atoms with Gasteiger partial charge in [0, 0.05) is 0 Å². The Kier molecular flexibility index (Phi) is 4.42. The molecule has 0 atom stereocenters. The van der Waals surface area contributed by atoms with E-state index in [1.54, 1.807) is 0 Å². The SMILES string of the molecule is C/C(I)=N\NCO. The molecule has 0 bridgehead atoms. The zero-order valence-corrected chi connectivity index (χ0v) is 6.14. The first-order chi connectivity index (χ1) is 3.27. The second-order valence-corrected chi connectivity index (χ2v) is 2.49. The van der Waals surface area contributed by atoms with E-state index in [0.29, 0.717) is 0 Å². The van der Waals surface area contributed by atoms with Crippen LogP contribution in [0.5, 0.6) is 0 Å². The number of aliphatic hydroxyl groups is 1. The van der Waals surface area contributed by atoms with E-state index in [1.807, 2.05) is 29.5 Å². The van der Waals surface area contributed by atoms with Gasteiger partial charge in [-0.25, -0.2) is 0 Å². The first kappa shape index (κ1) is 7.16. The lowest BCUT2D eigenvalue weighted by Gasteiger charge is -1.89. The van der Waals surface area contributed by atoms with Crippen LogP contribution in [0.1, 0.15) is 6.92 Å². The van der Waals surface area contributed by atoms with Crippen LogP contribution in [0.3, 0.4) is 0 Å². The van der Waals surface area contributed by atoms with Gasteiger partial charge in [-0.05, 0) is 29.5 Å². The van der Waals surface area contributed by atoms with Crippen LogP contribution in [0.4, 0.5) is 0 Å². The van der Waals surface area contributed by atoms with Crippen molar-refractivity contribution in [1.29, 1.82) is 0 Å². The molecule has 4 heteroatoms. The van der Waals surface area contributed by atoms with Gasteiger partial charge in [-0.3, -0.25) is 5.43 Å². The average molecular weight is 214 g/mol. The fourth-order valence-electron chi connectivity index (χ4n) is 0.144. The Balaban J connectivity index is 3.08. The highest BCUT2D eigenvalue weighted by molar-refractivity contribution is 14.1. The zero-order chi connectivity index (χ0) is 5.70. The van der Waals surface area contributed by atoms with Gasteiger partial charge in [-0.2, -0.15) is 5.10 Å². The van der Waals surface area contributed by atoms with Crippen molar-refractivity contribution in [1.82, 2.24) is 5.43 Å². The minimum atomic E-state index is -0.0969. The second kappa shape index (κ2) is 4.32. The lowest BCUT2D eigenvalue weighted by molar-refractivity contribution is 0.264. The van der Waals surface area contributed by atoms with Crippen LogP contribution in [0.15, 0.2) is 5.10 Å². The summed E-state index contributed by atoms with van der Waals surface area (Å²) in [6, 6.07) is 0. The fraction of sp³-hybridized carbons (Fsp3) is 0.667. The molecule has 0 unspecified atom stereocenters. The predicted molar refractivity (Wildman–Crippen MR) is 37.4 cm³/mol. The summed E-state index contributed by atoms with van der Waals surface area (Å²) in [6.07, 6.45) is 0. The summed E-state index contributed by atoms with van der Waals surface area (Å²) in [4.78, 5) is 0. The first-order valence-electron chi connectivity index (χ1n) is 1.81. The van der Waals surface area contributed by atoms with Crippen LogP contribution in [0, 0.1) is 0 Å². The molecule has 0 spiro atoms. The van der Waals surface area contributed by atoms with Crippen molar-refractivity contribution in [3.05, 3.63) is 0 Å². The number of hydrogen-bond acceptors (Lipinski definition) is 3. The molecule has 0 aliphatic heterocycles. The van der Waals surface area contributed by atoms with Gasteiger partial charge >= 0.3 is 0 Å². The summed E-state index contributed by atoms with van der Waals surface area (Å²) in [6.45, 7) is 1.74. The smallest absolute Gasteiger partial charge is 0.128 e. The number of nitrogens with zero attached hydrogens (tertiary/aromatic N) is 1. The van der Waals surface area contributed by atoms with Crippen LogP contribution in [-0.2, 0) is 0 Å². The van der Waals surface area contributed by atoms with E-state index >= 15 is 0 Å². The molecule has 42 valence electrons. The summed E-state index contributed by atoms with van der Waals surface area (Å²) < 4.78 is 0.881. The topological polar surface area (TPSA) is 44.6 Å². The Morgan fingerprint density at radius 3 is 2.71 bits per heavy atom. The fourth-order valence-corrected chi connectivity index (χ4v) is 0.315. The third-order valence-electron chi connectivity index (χ3n) is 0.304. The number of halogens is 1. The Morgan fingerprint density at radius 2 is 2.57 bits per heavy atom. The van der Waals surface area contributed by atoms with E-state index in [0.717, 1.165) is 3.72 Å². The largest absolute Gasteiger partial charge is 0.375 e. The van der Waals surface area contributed by atoms with Gasteiger partial charge in [-0.1, -0.05) is 0 Å². The molecule has 3 nitrogen and oxygen atoms in total. The molecule has 7 heavy (non-hydrogen) atoms. The monoisotopic (exact) mass is 214 g/mol. The maximum absolute atomic E-state index is 8.09. The highest BCUT2D eigenvalue weighted by Gasteiger charge is 1.73. The minimum absolute atomic E-state index is 0.0969. The van der Waals surface area contributed by atoms with Crippen molar-refractivity contribution in [2.24, 2.45) is 5.10 Å². The summed E-state index contributed by atoms with van der Waals surface area (Å²) in [5.41, 5.74) is 2.38. The van der Waals surface area contributed by atoms with Crippen molar-refractivity contribution in [2.75, 3.05) is 6.73 Å². The molecule has 0 rings (SSSR count). The molecule has 0 aromatic carbocycles. The van der Waals surface area contributed by atoms with E-state index in [1.165, 1.54) is 0 Å². The van der Waals surface area contributed by atoms with Crippen molar-refractivity contribution in [3.63, 3.8) is 0 Å². The Labute approximate surface area is 55.9 Å². The number of nitrogens with one attached hydrogen (secondary N) is 1. The molecule has 0 aromatic heterocycles. The summed E-state index contributed by atoms with van der Waals surface area (Å²) in [5.74, 6) is 0. The third-order valence-corrected chi connectivity index (χ3v) is 0.545. The van der Waals surface area contributed by atoms with Crippen LogP contribution < -0.4 is 5.43 Å². The maximum Gasteiger partial charge on any atom is 0.128 e. The lowest BCUT2D eigenvalue weighted by atomic mass is 10.9. The first-order valence-corrected chi connectivity index (χ1v) is 2.88. The number of aliphatic hydroxyl groups excluding tert-OH is 1.